The summed E-state index contributed by atoms with van der Waals surface area (Å²) in [5, 5.41) is 23.9. The van der Waals surface area contributed by atoms with E-state index in [4.69, 9.17) is 4.74 Å². The summed E-state index contributed by atoms with van der Waals surface area (Å²) in [5.74, 6) is -0.490. The van der Waals surface area contributed by atoms with E-state index in [0.29, 0.717) is 19.3 Å². The number of esters is 1. The van der Waals surface area contributed by atoms with Crippen molar-refractivity contribution in [1.29, 1.82) is 0 Å². The van der Waals surface area contributed by atoms with Crippen molar-refractivity contribution in [3.8, 4) is 0 Å². The summed E-state index contributed by atoms with van der Waals surface area (Å²) in [6.45, 7) is 6.50. The summed E-state index contributed by atoms with van der Waals surface area (Å²) in [6, 6.07) is -0.710. The monoisotopic (exact) mass is 942 g/mol. The Morgan fingerprint density at radius 3 is 1.16 bits per heavy atom. The van der Waals surface area contributed by atoms with Gasteiger partial charge in [-0.1, -0.05) is 263 Å². The molecule has 0 aliphatic heterocycles. The SMILES string of the molecule is CCCCCCCC/C=C/CCCCCCCCCC(=O)OC(CCCCC/C=C/C=C/CCCCCCCCC)CC(=O)NC(CO)C(O)CCCCCCCCCCCCCCCCC. The van der Waals surface area contributed by atoms with E-state index in [1.807, 2.05) is 0 Å². The molecule has 0 radical (unpaired) electrons. The van der Waals surface area contributed by atoms with Crippen LogP contribution >= 0.6 is 0 Å². The van der Waals surface area contributed by atoms with Gasteiger partial charge in [0.1, 0.15) is 6.10 Å². The Kier molecular flexibility index (Phi) is 53.4. The average Bonchev–Trinajstić information content (AvgIpc) is 3.32. The lowest BCUT2D eigenvalue weighted by Crippen LogP contribution is -2.46. The summed E-state index contributed by atoms with van der Waals surface area (Å²) in [4.78, 5) is 26.3. The van der Waals surface area contributed by atoms with Crippen LogP contribution in [0.1, 0.15) is 316 Å². The van der Waals surface area contributed by atoms with Crippen LogP contribution in [0.3, 0.4) is 0 Å². The smallest absolute Gasteiger partial charge is 0.306 e. The lowest BCUT2D eigenvalue weighted by Gasteiger charge is -2.24. The van der Waals surface area contributed by atoms with Crippen LogP contribution in [0.5, 0.6) is 0 Å². The summed E-state index contributed by atoms with van der Waals surface area (Å²) in [7, 11) is 0. The lowest BCUT2D eigenvalue weighted by atomic mass is 10.0. The summed E-state index contributed by atoms with van der Waals surface area (Å²) >= 11 is 0. The van der Waals surface area contributed by atoms with E-state index in [1.165, 1.54) is 199 Å². The number of hydrogen-bond acceptors (Lipinski definition) is 5. The number of carbonyl (C=O) groups excluding carboxylic acids is 2. The van der Waals surface area contributed by atoms with Crippen LogP contribution in [0.25, 0.3) is 0 Å². The number of allylic oxidation sites excluding steroid dienone is 6. The largest absolute Gasteiger partial charge is 0.462 e. The van der Waals surface area contributed by atoms with Gasteiger partial charge >= 0.3 is 5.97 Å². The molecule has 0 aromatic carbocycles. The minimum Gasteiger partial charge on any atom is -0.462 e. The molecular formula is C61H115NO5. The lowest BCUT2D eigenvalue weighted by molar-refractivity contribution is -0.151. The molecule has 1 amide bonds. The van der Waals surface area contributed by atoms with E-state index in [-0.39, 0.29) is 24.9 Å². The molecule has 6 heteroatoms. The van der Waals surface area contributed by atoms with E-state index in [9.17, 15) is 19.8 Å². The van der Waals surface area contributed by atoms with Crippen molar-refractivity contribution in [2.45, 2.75) is 334 Å². The van der Waals surface area contributed by atoms with Gasteiger partial charge in [0.15, 0.2) is 0 Å². The molecule has 3 N–H and O–H groups in total. The van der Waals surface area contributed by atoms with Gasteiger partial charge in [-0.25, -0.2) is 0 Å². The molecule has 3 atom stereocenters. The van der Waals surface area contributed by atoms with E-state index < -0.39 is 18.2 Å². The second-order valence-electron chi connectivity index (χ2n) is 20.4. The normalized spacial score (nSPS) is 13.3. The van der Waals surface area contributed by atoms with Gasteiger partial charge in [0, 0.05) is 6.42 Å². The van der Waals surface area contributed by atoms with Crippen LogP contribution in [0.4, 0.5) is 0 Å². The predicted molar refractivity (Wildman–Crippen MR) is 292 cm³/mol. The first kappa shape index (κ1) is 65.1. The van der Waals surface area contributed by atoms with Crippen molar-refractivity contribution in [2.24, 2.45) is 0 Å². The third kappa shape index (κ3) is 50.3. The van der Waals surface area contributed by atoms with Crippen LogP contribution < -0.4 is 5.32 Å². The van der Waals surface area contributed by atoms with Crippen molar-refractivity contribution in [3.05, 3.63) is 36.5 Å². The van der Waals surface area contributed by atoms with Crippen molar-refractivity contribution in [2.75, 3.05) is 6.61 Å². The summed E-state index contributed by atoms with van der Waals surface area (Å²) < 4.78 is 5.96. The summed E-state index contributed by atoms with van der Waals surface area (Å²) in [6.07, 6.45) is 66.4. The maximum Gasteiger partial charge on any atom is 0.306 e. The molecule has 0 saturated heterocycles. The topological polar surface area (TPSA) is 95.9 Å². The number of ether oxygens (including phenoxy) is 1. The third-order valence-electron chi connectivity index (χ3n) is 13.7. The zero-order valence-corrected chi connectivity index (χ0v) is 45.0. The molecule has 67 heavy (non-hydrogen) atoms. The number of unbranched alkanes of at least 4 members (excludes halogenated alkanes) is 37. The van der Waals surface area contributed by atoms with Gasteiger partial charge in [0.25, 0.3) is 0 Å². The van der Waals surface area contributed by atoms with Gasteiger partial charge < -0.3 is 20.3 Å². The molecule has 0 rings (SSSR count). The van der Waals surface area contributed by atoms with Gasteiger partial charge in [-0.05, 0) is 77.0 Å². The molecule has 0 spiro atoms. The van der Waals surface area contributed by atoms with Gasteiger partial charge in [-0.15, -0.1) is 0 Å². The first-order valence-corrected chi connectivity index (χ1v) is 29.7. The van der Waals surface area contributed by atoms with E-state index >= 15 is 0 Å². The van der Waals surface area contributed by atoms with Gasteiger partial charge in [0.05, 0.1) is 25.2 Å². The first-order chi connectivity index (χ1) is 33.0. The van der Waals surface area contributed by atoms with Crippen LogP contribution in [0.2, 0.25) is 0 Å². The van der Waals surface area contributed by atoms with Crippen molar-refractivity contribution in [1.82, 2.24) is 5.32 Å². The fourth-order valence-corrected chi connectivity index (χ4v) is 9.18. The molecule has 0 fully saturated rings. The Morgan fingerprint density at radius 2 is 0.761 bits per heavy atom. The number of aliphatic hydroxyl groups is 2. The maximum atomic E-state index is 13.3. The van der Waals surface area contributed by atoms with E-state index in [0.717, 1.165) is 70.6 Å². The molecule has 394 valence electrons. The Hall–Kier alpha value is -1.92. The molecule has 0 aliphatic rings. The minimum atomic E-state index is -0.795. The second kappa shape index (κ2) is 55.0. The first-order valence-electron chi connectivity index (χ1n) is 29.7. The molecule has 0 aliphatic carbocycles. The van der Waals surface area contributed by atoms with Crippen LogP contribution in [-0.4, -0.2) is 46.9 Å². The molecule has 0 bridgehead atoms. The molecule has 0 aromatic rings. The molecule has 3 unspecified atom stereocenters. The molecule has 6 nitrogen and oxygen atoms in total. The highest BCUT2D eigenvalue weighted by molar-refractivity contribution is 5.77. The third-order valence-corrected chi connectivity index (χ3v) is 13.7. The predicted octanol–water partition coefficient (Wildman–Crippen LogP) is 18.4. The van der Waals surface area contributed by atoms with Crippen LogP contribution in [0.15, 0.2) is 36.5 Å². The number of aliphatic hydroxyl groups excluding tert-OH is 2. The van der Waals surface area contributed by atoms with Crippen LogP contribution in [0, 0.1) is 0 Å². The summed E-state index contributed by atoms with van der Waals surface area (Å²) in [5.41, 5.74) is 0. The molecule has 0 heterocycles. The highest BCUT2D eigenvalue weighted by Crippen LogP contribution is 2.18. The van der Waals surface area contributed by atoms with Gasteiger partial charge in [-0.2, -0.15) is 0 Å². The fraction of sp³-hybridized carbons (Fsp3) is 0.869. The van der Waals surface area contributed by atoms with Gasteiger partial charge in [-0.3, -0.25) is 9.59 Å². The Morgan fingerprint density at radius 1 is 0.433 bits per heavy atom. The molecule has 0 aromatic heterocycles. The zero-order chi connectivity index (χ0) is 48.8. The van der Waals surface area contributed by atoms with Gasteiger partial charge in [0.2, 0.25) is 5.91 Å². The van der Waals surface area contributed by atoms with Crippen molar-refractivity contribution >= 4 is 11.9 Å². The highest BCUT2D eigenvalue weighted by Gasteiger charge is 2.24. The van der Waals surface area contributed by atoms with Crippen molar-refractivity contribution < 1.29 is 24.5 Å². The Balaban J connectivity index is 4.58. The zero-order valence-electron chi connectivity index (χ0n) is 45.0. The van der Waals surface area contributed by atoms with E-state index in [2.05, 4.69) is 62.5 Å². The second-order valence-corrected chi connectivity index (χ2v) is 20.4. The molecule has 0 saturated carbocycles. The fourth-order valence-electron chi connectivity index (χ4n) is 9.18. The highest BCUT2D eigenvalue weighted by atomic mass is 16.5. The minimum absolute atomic E-state index is 0.0611. The quantitative estimate of drug-likeness (QED) is 0.0244. The average molecular weight is 943 g/mol. The van der Waals surface area contributed by atoms with Crippen LogP contribution in [-0.2, 0) is 14.3 Å². The van der Waals surface area contributed by atoms with E-state index in [1.54, 1.807) is 0 Å². The number of carbonyl (C=O) groups is 2. The Bertz CT molecular complexity index is 1100. The van der Waals surface area contributed by atoms with Crippen molar-refractivity contribution in [3.63, 3.8) is 0 Å². The standard InChI is InChI=1S/C61H115NO5/c1-4-7-10-13-16-19-22-25-28-30-33-36-39-42-45-48-51-54-61(66)67-57(52-49-46-43-40-37-34-32-29-26-23-20-17-14-11-8-5-2)55-60(65)62-58(56-63)59(64)53-50-47-44-41-38-35-31-27-24-21-18-15-12-9-6-3/h25,28-29,32,34,37,57-59,63-64H,4-24,26-27,30-31,33,35-36,38-56H2,1-3H3,(H,62,65)/b28-25+,32-29+,37-34+. The number of hydrogen-bond donors (Lipinski definition) is 3. The molecular weight excluding hydrogens is 827 g/mol. The number of nitrogens with one attached hydrogen (secondary N) is 1. The maximum absolute atomic E-state index is 13.3. The number of rotatable bonds is 54. The number of amides is 1. The Labute approximate surface area is 417 Å².